The number of carbonyl (C=O) groups excluding carboxylic acids is 1. The van der Waals surface area contributed by atoms with Crippen molar-refractivity contribution in [2.24, 2.45) is 5.92 Å². The van der Waals surface area contributed by atoms with Crippen LogP contribution in [0.25, 0.3) is 0 Å². The van der Waals surface area contributed by atoms with Crippen LogP contribution in [-0.2, 0) is 0 Å². The van der Waals surface area contributed by atoms with Gasteiger partial charge in [-0.05, 0) is 55.1 Å². The zero-order valence-corrected chi connectivity index (χ0v) is 17.8. The van der Waals surface area contributed by atoms with Crippen LogP contribution in [0.3, 0.4) is 0 Å². The molecule has 3 saturated heterocycles. The normalized spacial score (nSPS) is 24.5. The maximum Gasteiger partial charge on any atom is 0.254 e. The number of nitrogens with one attached hydrogen (secondary N) is 1. The summed E-state index contributed by atoms with van der Waals surface area (Å²) in [6, 6.07) is 24.3. The first-order chi connectivity index (χ1) is 15.6. The van der Waals surface area contributed by atoms with Crippen molar-refractivity contribution in [1.29, 1.82) is 0 Å². The molecule has 2 atom stereocenters. The first kappa shape index (κ1) is 20.8. The van der Waals surface area contributed by atoms with Crippen LogP contribution in [0.5, 0.6) is 0 Å². The van der Waals surface area contributed by atoms with Gasteiger partial charge in [-0.2, -0.15) is 0 Å². The molecule has 0 saturated carbocycles. The van der Waals surface area contributed by atoms with Crippen molar-refractivity contribution >= 4 is 5.91 Å². The summed E-state index contributed by atoms with van der Waals surface area (Å²) in [5.41, 5.74) is 2.14. The molecule has 3 aromatic carbocycles. The maximum atomic E-state index is 14.3. The summed E-state index contributed by atoms with van der Waals surface area (Å²) in [4.78, 5) is 15.5. The van der Waals surface area contributed by atoms with E-state index in [1.807, 2.05) is 36.4 Å². The molecule has 0 unspecified atom stereocenters. The van der Waals surface area contributed by atoms with Gasteiger partial charge in [0.2, 0.25) is 0 Å². The number of benzene rings is 3. The van der Waals surface area contributed by atoms with E-state index in [-0.39, 0.29) is 23.6 Å². The molecule has 5 heteroatoms. The minimum atomic E-state index is -1.09. The second-order valence-corrected chi connectivity index (χ2v) is 8.76. The van der Waals surface area contributed by atoms with Gasteiger partial charge in [0, 0.05) is 18.0 Å². The van der Waals surface area contributed by atoms with E-state index < -0.39 is 17.5 Å². The summed E-state index contributed by atoms with van der Waals surface area (Å²) >= 11 is 0. The Hall–Kier alpha value is -3.05. The van der Waals surface area contributed by atoms with E-state index in [0.29, 0.717) is 5.92 Å². The molecule has 3 heterocycles. The van der Waals surface area contributed by atoms with Gasteiger partial charge >= 0.3 is 0 Å². The van der Waals surface area contributed by atoms with E-state index in [9.17, 15) is 13.6 Å². The predicted molar refractivity (Wildman–Crippen MR) is 120 cm³/mol. The molecule has 0 spiro atoms. The third-order valence-corrected chi connectivity index (χ3v) is 7.02. The third-order valence-electron chi connectivity index (χ3n) is 7.02. The van der Waals surface area contributed by atoms with Crippen LogP contribution < -0.4 is 5.32 Å². The van der Waals surface area contributed by atoms with Gasteiger partial charge in [-0.15, -0.1) is 0 Å². The van der Waals surface area contributed by atoms with E-state index in [0.717, 1.165) is 32.0 Å². The molecule has 32 heavy (non-hydrogen) atoms. The van der Waals surface area contributed by atoms with E-state index in [2.05, 4.69) is 34.5 Å². The van der Waals surface area contributed by atoms with Crippen LogP contribution >= 0.6 is 0 Å². The molecule has 0 radical (unpaired) electrons. The Kier molecular flexibility index (Phi) is 5.75. The molecule has 164 valence electrons. The van der Waals surface area contributed by atoms with Crippen molar-refractivity contribution in [2.45, 2.75) is 30.8 Å². The molecular weight excluding hydrogens is 406 g/mol. The molecule has 3 fully saturated rings. The fourth-order valence-electron chi connectivity index (χ4n) is 5.52. The number of hydrogen-bond acceptors (Lipinski definition) is 2. The number of piperidine rings is 3. The predicted octanol–water partition coefficient (Wildman–Crippen LogP) is 4.99. The van der Waals surface area contributed by atoms with Gasteiger partial charge in [0.05, 0.1) is 5.56 Å². The number of fused-ring (bicyclic) bond motifs is 3. The van der Waals surface area contributed by atoms with Gasteiger partial charge in [0.1, 0.15) is 0 Å². The zero-order chi connectivity index (χ0) is 22.1. The summed E-state index contributed by atoms with van der Waals surface area (Å²) in [7, 11) is 0. The number of hydrogen-bond donors (Lipinski definition) is 1. The summed E-state index contributed by atoms with van der Waals surface area (Å²) in [5, 5.41) is 3.12. The molecule has 1 amide bonds. The molecule has 3 aromatic rings. The first-order valence-corrected chi connectivity index (χ1v) is 11.2. The SMILES string of the molecule is O=C(N[C@@H]1C2CCN(CC2)[C@H]1C(c1ccccc1)c1ccccc1)c1cccc(F)c1F. The number of nitrogens with zero attached hydrogens (tertiary/aromatic N) is 1. The standard InChI is InChI=1S/C27H26F2N2O/c28-22-13-7-12-21(24(22)29)27(32)30-25-20-14-16-31(17-15-20)26(25)23(18-8-3-1-4-9-18)19-10-5-2-6-11-19/h1-13,20,23,25-26H,14-17H2,(H,30,32)/t25-,26+/m1/s1. The largest absolute Gasteiger partial charge is 0.347 e. The second kappa shape index (κ2) is 8.83. The Morgan fingerprint density at radius 3 is 2.03 bits per heavy atom. The first-order valence-electron chi connectivity index (χ1n) is 11.2. The van der Waals surface area contributed by atoms with Crippen LogP contribution in [0.1, 0.15) is 40.2 Å². The average Bonchev–Trinajstić information content (AvgIpc) is 2.84. The van der Waals surface area contributed by atoms with Crippen molar-refractivity contribution in [2.75, 3.05) is 13.1 Å². The van der Waals surface area contributed by atoms with Crippen LogP contribution in [0, 0.1) is 17.6 Å². The Balaban J connectivity index is 1.54. The average molecular weight is 433 g/mol. The van der Waals surface area contributed by atoms with E-state index in [4.69, 9.17) is 0 Å². The van der Waals surface area contributed by atoms with Crippen LogP contribution in [0.4, 0.5) is 8.78 Å². The fourth-order valence-corrected chi connectivity index (χ4v) is 5.52. The molecule has 2 bridgehead atoms. The van der Waals surface area contributed by atoms with Gasteiger partial charge in [0.15, 0.2) is 11.6 Å². The number of halogens is 2. The van der Waals surface area contributed by atoms with Gasteiger partial charge in [-0.25, -0.2) is 8.78 Å². The Bertz CT molecular complexity index is 1040. The third kappa shape index (κ3) is 3.82. The summed E-state index contributed by atoms with van der Waals surface area (Å²) in [6.07, 6.45) is 1.98. The lowest BCUT2D eigenvalue weighted by atomic mass is 9.70. The highest BCUT2D eigenvalue weighted by atomic mass is 19.2. The van der Waals surface area contributed by atoms with Gasteiger partial charge in [-0.1, -0.05) is 66.7 Å². The summed E-state index contributed by atoms with van der Waals surface area (Å²) in [5.74, 6) is -2.28. The molecule has 3 aliphatic rings. The minimum Gasteiger partial charge on any atom is -0.347 e. The number of rotatable bonds is 5. The lowest BCUT2D eigenvalue weighted by molar-refractivity contribution is 0.00609. The van der Waals surface area contributed by atoms with Crippen LogP contribution in [0.2, 0.25) is 0 Å². The molecule has 1 N–H and O–H groups in total. The van der Waals surface area contributed by atoms with E-state index in [1.165, 1.54) is 23.3 Å². The molecule has 6 rings (SSSR count). The van der Waals surface area contributed by atoms with Crippen LogP contribution in [0.15, 0.2) is 78.9 Å². The molecule has 3 nitrogen and oxygen atoms in total. The highest BCUT2D eigenvalue weighted by Gasteiger charge is 2.47. The lowest BCUT2D eigenvalue weighted by Crippen LogP contribution is -2.65. The molecule has 0 aromatic heterocycles. The van der Waals surface area contributed by atoms with Crippen LogP contribution in [-0.4, -0.2) is 36.0 Å². The van der Waals surface area contributed by atoms with Gasteiger partial charge < -0.3 is 5.32 Å². The molecule has 0 aliphatic carbocycles. The van der Waals surface area contributed by atoms with Gasteiger partial charge in [0.25, 0.3) is 5.91 Å². The topological polar surface area (TPSA) is 32.3 Å². The highest BCUT2D eigenvalue weighted by molar-refractivity contribution is 5.94. The Morgan fingerprint density at radius 1 is 0.844 bits per heavy atom. The molecule has 3 aliphatic heterocycles. The summed E-state index contributed by atoms with van der Waals surface area (Å²) in [6.45, 7) is 1.96. The van der Waals surface area contributed by atoms with E-state index >= 15 is 0 Å². The fraction of sp³-hybridized carbons (Fsp3) is 0.296. The van der Waals surface area contributed by atoms with Crippen molar-refractivity contribution in [3.05, 3.63) is 107 Å². The quantitative estimate of drug-likeness (QED) is 0.616. The van der Waals surface area contributed by atoms with Crippen molar-refractivity contribution in [3.63, 3.8) is 0 Å². The Morgan fingerprint density at radius 2 is 1.44 bits per heavy atom. The highest BCUT2D eigenvalue weighted by Crippen LogP contribution is 2.42. The maximum absolute atomic E-state index is 14.3. The summed E-state index contributed by atoms with van der Waals surface area (Å²) < 4.78 is 28.1. The Labute approximate surface area is 187 Å². The number of amides is 1. The zero-order valence-electron chi connectivity index (χ0n) is 17.8. The van der Waals surface area contributed by atoms with E-state index in [1.54, 1.807) is 0 Å². The van der Waals surface area contributed by atoms with Crippen molar-refractivity contribution in [1.82, 2.24) is 10.2 Å². The van der Waals surface area contributed by atoms with Crippen molar-refractivity contribution in [3.8, 4) is 0 Å². The lowest BCUT2D eigenvalue weighted by Gasteiger charge is -2.54. The second-order valence-electron chi connectivity index (χ2n) is 8.76. The molecular formula is C27H26F2N2O. The smallest absolute Gasteiger partial charge is 0.254 e. The van der Waals surface area contributed by atoms with Gasteiger partial charge in [-0.3, -0.25) is 9.69 Å². The minimum absolute atomic E-state index is 0.0351. The van der Waals surface area contributed by atoms with Crippen molar-refractivity contribution < 1.29 is 13.6 Å². The monoisotopic (exact) mass is 432 g/mol. The number of carbonyl (C=O) groups is 1.